The zero-order valence-corrected chi connectivity index (χ0v) is 21.9. The number of halogens is 1. The Morgan fingerprint density at radius 2 is 1.76 bits per heavy atom. The zero-order valence-electron chi connectivity index (χ0n) is 20.3. The number of hydrogen-bond acceptors (Lipinski definition) is 4. The third kappa shape index (κ3) is 7.52. The number of aryl methyl sites for hydroxylation is 1. The van der Waals surface area contributed by atoms with E-state index >= 15 is 0 Å². The second kappa shape index (κ2) is 12.5. The second-order valence-electron chi connectivity index (χ2n) is 8.65. The average molecular weight is 525 g/mol. The Balaban J connectivity index is 1.68. The largest absolute Gasteiger partial charge is 0.490 e. The van der Waals surface area contributed by atoms with E-state index in [1.807, 2.05) is 43.3 Å². The minimum absolute atomic E-state index is 0.0613. The summed E-state index contributed by atoms with van der Waals surface area (Å²) in [7, 11) is 0. The first-order chi connectivity index (χ1) is 16.4. The van der Waals surface area contributed by atoms with Crippen LogP contribution in [0.4, 0.5) is 5.69 Å². The van der Waals surface area contributed by atoms with Crippen LogP contribution in [0.2, 0.25) is 0 Å². The van der Waals surface area contributed by atoms with E-state index in [1.54, 1.807) is 0 Å². The number of hydrogen-bond donors (Lipinski definition) is 2. The van der Waals surface area contributed by atoms with Gasteiger partial charge in [0.05, 0.1) is 11.1 Å². The summed E-state index contributed by atoms with van der Waals surface area (Å²) < 4.78 is 12.8. The first kappa shape index (κ1) is 25.6. The second-order valence-corrected chi connectivity index (χ2v) is 9.50. The maximum atomic E-state index is 12.4. The predicted octanol–water partition coefficient (Wildman–Crippen LogP) is 6.73. The standard InChI is InChI=1S/C28H33BrN2O3/c1-5-33-26-14-22(13-25(29)27(26)34-18-21-11-9-20(4)10-12-21)17-30-24-8-6-7-23(15-24)28(32)31-16-19(2)3/h6-15,19,30H,5,16-18H2,1-4H3,(H,31,32). The van der Waals surface area contributed by atoms with Gasteiger partial charge in [-0.15, -0.1) is 0 Å². The molecule has 1 amide bonds. The molecule has 0 bridgehead atoms. The topological polar surface area (TPSA) is 59.6 Å². The summed E-state index contributed by atoms with van der Waals surface area (Å²) in [5, 5.41) is 6.36. The van der Waals surface area contributed by atoms with Crippen LogP contribution in [0.25, 0.3) is 0 Å². The Labute approximate surface area is 211 Å². The van der Waals surface area contributed by atoms with Crippen molar-refractivity contribution < 1.29 is 14.3 Å². The van der Waals surface area contributed by atoms with Crippen LogP contribution in [0.5, 0.6) is 11.5 Å². The Hall–Kier alpha value is -2.99. The van der Waals surface area contributed by atoms with E-state index in [-0.39, 0.29) is 5.91 Å². The van der Waals surface area contributed by atoms with Crippen molar-refractivity contribution in [2.45, 2.75) is 40.8 Å². The average Bonchev–Trinajstić information content (AvgIpc) is 2.82. The first-order valence-corrected chi connectivity index (χ1v) is 12.4. The predicted molar refractivity (Wildman–Crippen MR) is 142 cm³/mol. The molecule has 34 heavy (non-hydrogen) atoms. The zero-order chi connectivity index (χ0) is 24.5. The van der Waals surface area contributed by atoms with E-state index < -0.39 is 0 Å². The van der Waals surface area contributed by atoms with Crippen molar-refractivity contribution in [2.24, 2.45) is 5.92 Å². The highest BCUT2D eigenvalue weighted by molar-refractivity contribution is 9.10. The van der Waals surface area contributed by atoms with Crippen LogP contribution < -0.4 is 20.1 Å². The van der Waals surface area contributed by atoms with Gasteiger partial charge in [0.15, 0.2) is 11.5 Å². The van der Waals surface area contributed by atoms with Crippen LogP contribution in [0.15, 0.2) is 65.1 Å². The number of rotatable bonds is 11. The lowest BCUT2D eigenvalue weighted by molar-refractivity contribution is 0.0949. The molecule has 0 heterocycles. The smallest absolute Gasteiger partial charge is 0.251 e. The fourth-order valence-electron chi connectivity index (χ4n) is 3.34. The molecule has 0 spiro atoms. The molecule has 3 aromatic rings. The Kier molecular flexibility index (Phi) is 9.40. The molecule has 0 aliphatic rings. The van der Waals surface area contributed by atoms with Crippen molar-refractivity contribution in [1.82, 2.24) is 5.32 Å². The summed E-state index contributed by atoms with van der Waals surface area (Å²) >= 11 is 3.65. The van der Waals surface area contributed by atoms with Crippen molar-refractivity contribution in [3.8, 4) is 11.5 Å². The third-order valence-corrected chi connectivity index (χ3v) is 5.75. The fourth-order valence-corrected chi connectivity index (χ4v) is 3.94. The lowest BCUT2D eigenvalue weighted by Gasteiger charge is -2.16. The van der Waals surface area contributed by atoms with Crippen molar-refractivity contribution in [1.29, 1.82) is 0 Å². The van der Waals surface area contributed by atoms with Gasteiger partial charge in [-0.3, -0.25) is 4.79 Å². The minimum atomic E-state index is -0.0613. The van der Waals surface area contributed by atoms with Crippen molar-refractivity contribution in [3.05, 3.63) is 87.4 Å². The van der Waals surface area contributed by atoms with Gasteiger partial charge in [-0.2, -0.15) is 0 Å². The Morgan fingerprint density at radius 3 is 2.47 bits per heavy atom. The maximum Gasteiger partial charge on any atom is 0.251 e. The summed E-state index contributed by atoms with van der Waals surface area (Å²) in [5.41, 5.74) is 4.88. The van der Waals surface area contributed by atoms with Gasteiger partial charge in [0.1, 0.15) is 6.61 Å². The highest BCUT2D eigenvalue weighted by Crippen LogP contribution is 2.37. The molecule has 0 saturated heterocycles. The van der Waals surface area contributed by atoms with Crippen LogP contribution in [0.3, 0.4) is 0 Å². The lowest BCUT2D eigenvalue weighted by Crippen LogP contribution is -2.27. The molecule has 0 radical (unpaired) electrons. The van der Waals surface area contributed by atoms with Crippen LogP contribution in [-0.2, 0) is 13.2 Å². The van der Waals surface area contributed by atoms with Crippen molar-refractivity contribution in [3.63, 3.8) is 0 Å². The monoisotopic (exact) mass is 524 g/mol. The van der Waals surface area contributed by atoms with Gasteiger partial charge >= 0.3 is 0 Å². The van der Waals surface area contributed by atoms with Crippen LogP contribution >= 0.6 is 15.9 Å². The van der Waals surface area contributed by atoms with E-state index in [1.165, 1.54) is 5.56 Å². The minimum Gasteiger partial charge on any atom is -0.490 e. The van der Waals surface area contributed by atoms with Gasteiger partial charge in [0, 0.05) is 24.3 Å². The van der Waals surface area contributed by atoms with Crippen LogP contribution in [0, 0.1) is 12.8 Å². The molecule has 0 aliphatic heterocycles. The summed E-state index contributed by atoms with van der Waals surface area (Å²) in [4.78, 5) is 12.4. The summed E-state index contributed by atoms with van der Waals surface area (Å²) in [5.74, 6) is 1.73. The maximum absolute atomic E-state index is 12.4. The molecule has 6 heteroatoms. The van der Waals surface area contributed by atoms with Gasteiger partial charge < -0.3 is 20.1 Å². The van der Waals surface area contributed by atoms with Gasteiger partial charge in [0.2, 0.25) is 0 Å². The van der Waals surface area contributed by atoms with Crippen molar-refractivity contribution in [2.75, 3.05) is 18.5 Å². The number of amides is 1. The quantitative estimate of drug-likeness (QED) is 0.291. The summed E-state index contributed by atoms with van der Waals surface area (Å²) in [6.07, 6.45) is 0. The van der Waals surface area contributed by atoms with Gasteiger partial charge in [-0.1, -0.05) is 49.7 Å². The molecule has 0 unspecified atom stereocenters. The highest BCUT2D eigenvalue weighted by Gasteiger charge is 2.13. The molecule has 0 aliphatic carbocycles. The van der Waals surface area contributed by atoms with Gasteiger partial charge in [0.25, 0.3) is 5.91 Å². The van der Waals surface area contributed by atoms with Crippen molar-refractivity contribution >= 4 is 27.5 Å². The molecule has 0 saturated carbocycles. The lowest BCUT2D eigenvalue weighted by atomic mass is 10.1. The summed E-state index contributed by atoms with van der Waals surface area (Å²) in [6.45, 7) is 10.4. The Bertz CT molecular complexity index is 1100. The first-order valence-electron chi connectivity index (χ1n) is 11.6. The molecule has 0 fully saturated rings. The van der Waals surface area contributed by atoms with E-state index in [2.05, 4.69) is 71.6 Å². The highest BCUT2D eigenvalue weighted by atomic mass is 79.9. The molecular formula is C28H33BrN2O3. The third-order valence-electron chi connectivity index (χ3n) is 5.17. The van der Waals surface area contributed by atoms with Gasteiger partial charge in [-0.05, 0) is 77.2 Å². The number of anilines is 1. The van der Waals surface area contributed by atoms with E-state index in [0.29, 0.717) is 49.3 Å². The van der Waals surface area contributed by atoms with E-state index in [0.717, 1.165) is 21.3 Å². The normalized spacial score (nSPS) is 10.8. The SMILES string of the molecule is CCOc1cc(CNc2cccc(C(=O)NCC(C)C)c2)cc(Br)c1OCc1ccc(C)cc1. The fraction of sp³-hybridized carbons (Fsp3) is 0.321. The number of benzene rings is 3. The molecule has 180 valence electrons. The molecule has 3 rings (SSSR count). The van der Waals surface area contributed by atoms with Gasteiger partial charge in [-0.25, -0.2) is 0 Å². The molecular weight excluding hydrogens is 492 g/mol. The molecule has 2 N–H and O–H groups in total. The number of carbonyl (C=O) groups excluding carboxylic acids is 1. The molecule has 5 nitrogen and oxygen atoms in total. The molecule has 0 aromatic heterocycles. The summed E-state index contributed by atoms with van der Waals surface area (Å²) in [6, 6.07) is 19.8. The van der Waals surface area contributed by atoms with Crippen LogP contribution in [0.1, 0.15) is 47.8 Å². The number of ether oxygens (including phenoxy) is 2. The van der Waals surface area contributed by atoms with Crippen LogP contribution in [-0.4, -0.2) is 19.1 Å². The van der Waals surface area contributed by atoms with E-state index in [4.69, 9.17) is 9.47 Å². The Morgan fingerprint density at radius 1 is 1.00 bits per heavy atom. The molecule has 3 aromatic carbocycles. The number of nitrogens with one attached hydrogen (secondary N) is 2. The number of carbonyl (C=O) groups is 1. The van der Waals surface area contributed by atoms with E-state index in [9.17, 15) is 4.79 Å². The molecule has 0 atom stereocenters.